The van der Waals surface area contributed by atoms with E-state index in [0.717, 1.165) is 4.57 Å². The Hall–Kier alpha value is -3.89. The molecule has 0 radical (unpaired) electrons. The summed E-state index contributed by atoms with van der Waals surface area (Å²) < 4.78 is 4.12. The number of hydrogen-bond acceptors (Lipinski definition) is 7. The third-order valence-corrected chi connectivity index (χ3v) is 4.88. The third-order valence-electron chi connectivity index (χ3n) is 4.88. The van der Waals surface area contributed by atoms with Crippen LogP contribution < -0.4 is 21.9 Å². The van der Waals surface area contributed by atoms with E-state index in [2.05, 4.69) is 27.9 Å². The number of fused-ring (bicyclic) bond motifs is 1. The summed E-state index contributed by atoms with van der Waals surface area (Å²) in [5.41, 5.74) is 6.27. The minimum Gasteiger partial charge on any atom is -0.344 e. The number of hydrogen-bond donors (Lipinski definition) is 1. The van der Waals surface area contributed by atoms with E-state index in [4.69, 9.17) is 5.73 Å². The molecule has 1 atom stereocenters. The SMILES string of the molecule is CC#CCn1c(N(C)CC(C)N)nc2c1c(=O)n(Cc1cnccc1C#N)c(=O)n2C. The van der Waals surface area contributed by atoms with Crippen LogP contribution in [0, 0.1) is 23.2 Å². The molecule has 0 aromatic carbocycles. The molecule has 0 aliphatic rings. The molecule has 0 amide bonds. The maximum absolute atomic E-state index is 13.4. The van der Waals surface area contributed by atoms with Crippen molar-refractivity contribution in [2.24, 2.45) is 12.8 Å². The second-order valence-electron chi connectivity index (χ2n) is 7.33. The number of likely N-dealkylation sites (N-methyl/N-ethyl adjacent to an activating group) is 1. The maximum atomic E-state index is 13.4. The summed E-state index contributed by atoms with van der Waals surface area (Å²) in [7, 11) is 3.39. The van der Waals surface area contributed by atoms with Crippen LogP contribution in [0.15, 0.2) is 28.0 Å². The van der Waals surface area contributed by atoms with Gasteiger partial charge in [0.15, 0.2) is 11.2 Å². The molecule has 0 spiro atoms. The summed E-state index contributed by atoms with van der Waals surface area (Å²) in [6, 6.07) is 3.49. The molecule has 0 saturated heterocycles. The van der Waals surface area contributed by atoms with E-state index in [0.29, 0.717) is 23.6 Å². The third kappa shape index (κ3) is 4.06. The molecule has 1 unspecified atom stereocenters. The van der Waals surface area contributed by atoms with Gasteiger partial charge in [0.05, 0.1) is 24.7 Å². The number of pyridine rings is 1. The van der Waals surface area contributed by atoms with Crippen LogP contribution in [-0.2, 0) is 20.1 Å². The van der Waals surface area contributed by atoms with Crippen molar-refractivity contribution in [2.45, 2.75) is 33.0 Å². The largest absolute Gasteiger partial charge is 0.344 e. The van der Waals surface area contributed by atoms with Gasteiger partial charge in [-0.1, -0.05) is 5.92 Å². The molecule has 2 N–H and O–H groups in total. The van der Waals surface area contributed by atoms with Crippen molar-refractivity contribution < 1.29 is 0 Å². The van der Waals surface area contributed by atoms with E-state index in [-0.39, 0.29) is 30.3 Å². The van der Waals surface area contributed by atoms with Crippen LogP contribution in [0.1, 0.15) is 25.0 Å². The number of nitrogens with two attached hydrogens (primary N) is 1. The molecule has 0 aliphatic carbocycles. The minimum absolute atomic E-state index is 0.0756. The van der Waals surface area contributed by atoms with E-state index >= 15 is 0 Å². The highest BCUT2D eigenvalue weighted by atomic mass is 16.2. The average Bonchev–Trinajstić information content (AvgIpc) is 3.13. The maximum Gasteiger partial charge on any atom is 0.332 e. The smallest absolute Gasteiger partial charge is 0.332 e. The van der Waals surface area contributed by atoms with Crippen LogP contribution in [0.3, 0.4) is 0 Å². The first-order chi connectivity index (χ1) is 14.8. The zero-order chi connectivity index (χ0) is 22.7. The second kappa shape index (κ2) is 8.86. The number of nitrogens with zero attached hydrogens (tertiary/aromatic N) is 7. The van der Waals surface area contributed by atoms with Gasteiger partial charge in [-0.3, -0.25) is 23.5 Å². The molecule has 160 valence electrons. The number of aromatic nitrogens is 5. The van der Waals surface area contributed by atoms with Crippen molar-refractivity contribution in [1.82, 2.24) is 23.7 Å². The quantitative estimate of drug-likeness (QED) is 0.557. The van der Waals surface area contributed by atoms with Gasteiger partial charge in [-0.15, -0.1) is 5.92 Å². The highest BCUT2D eigenvalue weighted by molar-refractivity contribution is 5.74. The Labute approximate surface area is 179 Å². The summed E-state index contributed by atoms with van der Waals surface area (Å²) in [6.45, 7) is 4.25. The Morgan fingerprint density at radius 3 is 2.71 bits per heavy atom. The number of anilines is 1. The molecular formula is C21H24N8O2. The topological polar surface area (TPSA) is 128 Å². The van der Waals surface area contributed by atoms with Crippen molar-refractivity contribution in [3.05, 3.63) is 50.4 Å². The van der Waals surface area contributed by atoms with Gasteiger partial charge < -0.3 is 10.6 Å². The monoisotopic (exact) mass is 420 g/mol. The predicted molar refractivity (Wildman–Crippen MR) is 118 cm³/mol. The van der Waals surface area contributed by atoms with E-state index < -0.39 is 11.2 Å². The zero-order valence-corrected chi connectivity index (χ0v) is 18.0. The van der Waals surface area contributed by atoms with Crippen LogP contribution in [0.2, 0.25) is 0 Å². The van der Waals surface area contributed by atoms with E-state index in [1.54, 1.807) is 24.6 Å². The Balaban J connectivity index is 2.29. The second-order valence-corrected chi connectivity index (χ2v) is 7.33. The standard InChI is InChI=1S/C21H24N8O2/c1-5-6-9-28-17-18(25-20(28)26(3)12-14(2)23)27(4)21(31)29(19(17)30)13-16-11-24-8-7-15(16)10-22/h7-8,11,14H,9,12-13,23H2,1-4H3. The highest BCUT2D eigenvalue weighted by Gasteiger charge is 2.22. The summed E-state index contributed by atoms with van der Waals surface area (Å²) in [4.78, 5) is 36.9. The minimum atomic E-state index is -0.530. The molecule has 0 bridgehead atoms. The van der Waals surface area contributed by atoms with Gasteiger partial charge in [0, 0.05) is 44.6 Å². The molecule has 0 fully saturated rings. The van der Waals surface area contributed by atoms with E-state index in [1.807, 2.05) is 18.9 Å². The van der Waals surface area contributed by atoms with Crippen LogP contribution >= 0.6 is 0 Å². The predicted octanol–water partition coefficient (Wildman–Crippen LogP) is 0.0184. The fraction of sp³-hybridized carbons (Fsp3) is 0.381. The molecule has 10 nitrogen and oxygen atoms in total. The van der Waals surface area contributed by atoms with Gasteiger partial charge in [-0.25, -0.2) is 4.79 Å². The van der Waals surface area contributed by atoms with Gasteiger partial charge in [0.25, 0.3) is 5.56 Å². The van der Waals surface area contributed by atoms with Crippen molar-refractivity contribution in [3.63, 3.8) is 0 Å². The van der Waals surface area contributed by atoms with Crippen LogP contribution in [0.25, 0.3) is 11.2 Å². The van der Waals surface area contributed by atoms with E-state index in [1.165, 1.54) is 17.0 Å². The summed E-state index contributed by atoms with van der Waals surface area (Å²) in [5.74, 6) is 6.29. The van der Waals surface area contributed by atoms with Crippen molar-refractivity contribution in [1.29, 1.82) is 5.26 Å². The highest BCUT2D eigenvalue weighted by Crippen LogP contribution is 2.19. The van der Waals surface area contributed by atoms with Crippen molar-refractivity contribution >= 4 is 17.1 Å². The van der Waals surface area contributed by atoms with Crippen LogP contribution in [0.5, 0.6) is 0 Å². The summed E-state index contributed by atoms with van der Waals surface area (Å²) in [6.07, 6.45) is 2.97. The number of nitriles is 1. The molecule has 3 rings (SSSR count). The van der Waals surface area contributed by atoms with Gasteiger partial charge >= 0.3 is 5.69 Å². The molecule has 3 aromatic rings. The lowest BCUT2D eigenvalue weighted by Crippen LogP contribution is -2.40. The molecule has 31 heavy (non-hydrogen) atoms. The first kappa shape index (κ1) is 21.8. The lowest BCUT2D eigenvalue weighted by Gasteiger charge is -2.20. The Morgan fingerprint density at radius 1 is 1.32 bits per heavy atom. The van der Waals surface area contributed by atoms with Crippen molar-refractivity contribution in [3.8, 4) is 17.9 Å². The molecule has 0 saturated carbocycles. The van der Waals surface area contributed by atoms with Gasteiger partial charge in [0.1, 0.15) is 0 Å². The van der Waals surface area contributed by atoms with E-state index in [9.17, 15) is 14.9 Å². The number of imidazole rings is 1. The Bertz CT molecular complexity index is 1340. The molecular weight excluding hydrogens is 396 g/mol. The lowest BCUT2D eigenvalue weighted by molar-refractivity contribution is 0.651. The Kier molecular flexibility index (Phi) is 6.23. The fourth-order valence-electron chi connectivity index (χ4n) is 3.44. The fourth-order valence-corrected chi connectivity index (χ4v) is 3.44. The van der Waals surface area contributed by atoms with Gasteiger partial charge in [-0.05, 0) is 19.9 Å². The molecule has 0 aliphatic heterocycles. The average molecular weight is 420 g/mol. The summed E-state index contributed by atoms with van der Waals surface area (Å²) in [5, 5.41) is 9.35. The summed E-state index contributed by atoms with van der Waals surface area (Å²) >= 11 is 0. The molecule has 3 aromatic heterocycles. The van der Waals surface area contributed by atoms with Crippen molar-refractivity contribution in [2.75, 3.05) is 18.5 Å². The normalized spacial score (nSPS) is 11.6. The van der Waals surface area contributed by atoms with Crippen LogP contribution in [-0.4, -0.2) is 43.3 Å². The lowest BCUT2D eigenvalue weighted by atomic mass is 10.1. The van der Waals surface area contributed by atoms with Crippen LogP contribution in [0.4, 0.5) is 5.95 Å². The first-order valence-corrected chi connectivity index (χ1v) is 9.69. The van der Waals surface area contributed by atoms with Gasteiger partial charge in [0.2, 0.25) is 5.95 Å². The number of rotatable bonds is 6. The molecule has 3 heterocycles. The Morgan fingerprint density at radius 2 is 2.06 bits per heavy atom. The van der Waals surface area contributed by atoms with Gasteiger partial charge in [-0.2, -0.15) is 10.2 Å². The number of aryl methyl sites for hydroxylation is 1. The molecule has 10 heteroatoms. The first-order valence-electron chi connectivity index (χ1n) is 9.69. The zero-order valence-electron chi connectivity index (χ0n) is 18.0.